The molecule has 1 aliphatic heterocycles. The van der Waals surface area contributed by atoms with E-state index in [1.165, 1.54) is 103 Å². The third-order valence-corrected chi connectivity index (χ3v) is 6.25. The van der Waals surface area contributed by atoms with Crippen molar-refractivity contribution in [3.8, 4) is 0 Å². The van der Waals surface area contributed by atoms with E-state index in [1.54, 1.807) is 0 Å². The highest BCUT2D eigenvalue weighted by atomic mass is 16.5. The minimum absolute atomic E-state index is 0.00214. The monoisotopic (exact) mass is 408 g/mol. The number of carbonyl (C=O) groups excluding carboxylic acids is 1. The largest absolute Gasteiger partial charge is 0.461 e. The summed E-state index contributed by atoms with van der Waals surface area (Å²) in [6.07, 6.45) is 24.8. The van der Waals surface area contributed by atoms with Crippen molar-refractivity contribution in [1.82, 2.24) is 4.90 Å². The van der Waals surface area contributed by atoms with Crippen LogP contribution in [0.2, 0.25) is 0 Å². The van der Waals surface area contributed by atoms with Crippen molar-refractivity contribution in [2.24, 2.45) is 0 Å². The van der Waals surface area contributed by atoms with Crippen LogP contribution in [0.15, 0.2) is 0 Å². The normalized spacial score (nSPS) is 17.1. The average Bonchev–Trinajstić information content (AvgIpc) is 3.17. The molecule has 0 aliphatic carbocycles. The molecular weight excluding hydrogens is 358 g/mol. The van der Waals surface area contributed by atoms with E-state index >= 15 is 0 Å². The van der Waals surface area contributed by atoms with Crippen molar-refractivity contribution < 1.29 is 9.53 Å². The van der Waals surface area contributed by atoms with Gasteiger partial charge in [-0.1, -0.05) is 117 Å². The number of likely N-dealkylation sites (tertiary alicyclic amines) is 1. The van der Waals surface area contributed by atoms with Crippen molar-refractivity contribution in [2.45, 2.75) is 142 Å². The molecule has 1 atom stereocenters. The van der Waals surface area contributed by atoms with Gasteiger partial charge in [0.25, 0.3) is 0 Å². The molecule has 1 saturated heterocycles. The van der Waals surface area contributed by atoms with E-state index < -0.39 is 0 Å². The Labute approximate surface area is 182 Å². The first kappa shape index (κ1) is 26.5. The van der Waals surface area contributed by atoms with E-state index in [-0.39, 0.29) is 12.1 Å². The number of hydrogen-bond acceptors (Lipinski definition) is 3. The van der Waals surface area contributed by atoms with E-state index in [0.717, 1.165) is 25.9 Å². The molecule has 0 saturated carbocycles. The van der Waals surface area contributed by atoms with Gasteiger partial charge in [-0.2, -0.15) is 0 Å². The fourth-order valence-electron chi connectivity index (χ4n) is 4.26. The lowest BCUT2D eigenvalue weighted by Crippen LogP contribution is -2.23. The third-order valence-electron chi connectivity index (χ3n) is 6.25. The second-order valence-electron chi connectivity index (χ2n) is 9.02. The second-order valence-corrected chi connectivity index (χ2v) is 9.02. The summed E-state index contributed by atoms with van der Waals surface area (Å²) in [6.45, 7) is 8.47. The fourth-order valence-corrected chi connectivity index (χ4v) is 4.26. The molecule has 1 aliphatic rings. The van der Waals surface area contributed by atoms with Crippen LogP contribution >= 0.6 is 0 Å². The van der Waals surface area contributed by atoms with Crippen molar-refractivity contribution in [3.63, 3.8) is 0 Å². The topological polar surface area (TPSA) is 29.5 Å². The Kier molecular flexibility index (Phi) is 17.7. The zero-order chi connectivity index (χ0) is 21.0. The van der Waals surface area contributed by atoms with Crippen LogP contribution in [0.1, 0.15) is 136 Å². The SMILES string of the molecule is CCCCCCCCCCCCCCCCCCCC(=O)OC1C[CH]N(CC)C1. The van der Waals surface area contributed by atoms with Gasteiger partial charge in [0.05, 0.1) is 0 Å². The van der Waals surface area contributed by atoms with Gasteiger partial charge in [-0.3, -0.25) is 9.69 Å². The average molecular weight is 409 g/mol. The minimum Gasteiger partial charge on any atom is -0.461 e. The van der Waals surface area contributed by atoms with Gasteiger partial charge >= 0.3 is 5.97 Å². The summed E-state index contributed by atoms with van der Waals surface area (Å²) >= 11 is 0. The molecule has 0 bridgehead atoms. The van der Waals surface area contributed by atoms with Gasteiger partial charge < -0.3 is 4.74 Å². The summed E-state index contributed by atoms with van der Waals surface area (Å²) in [7, 11) is 0. The van der Waals surface area contributed by atoms with Crippen LogP contribution in [-0.4, -0.2) is 30.1 Å². The van der Waals surface area contributed by atoms with E-state index in [0.29, 0.717) is 6.42 Å². The number of likely N-dealkylation sites (N-methyl/N-ethyl adjacent to an activating group) is 1. The molecule has 1 heterocycles. The standard InChI is InChI=1S/C26H50NO2/c1-3-5-6-7-8-9-10-11-12-13-14-15-16-17-18-19-20-21-26(28)29-25-22-23-27(4-2)24-25/h23,25H,3-22,24H2,1-2H3. The quantitative estimate of drug-likeness (QED) is 0.152. The molecule has 171 valence electrons. The maximum atomic E-state index is 11.9. The van der Waals surface area contributed by atoms with Gasteiger partial charge in [-0.25, -0.2) is 0 Å². The third kappa shape index (κ3) is 15.9. The number of unbranched alkanes of at least 4 members (excludes halogenated alkanes) is 16. The number of hydrogen-bond donors (Lipinski definition) is 0. The van der Waals surface area contributed by atoms with E-state index in [4.69, 9.17) is 4.74 Å². The summed E-state index contributed by atoms with van der Waals surface area (Å²) in [5.74, 6) is 0.00214. The first-order chi connectivity index (χ1) is 14.3. The van der Waals surface area contributed by atoms with Gasteiger partial charge in [0.15, 0.2) is 0 Å². The Bertz CT molecular complexity index is 372. The highest BCUT2D eigenvalue weighted by Gasteiger charge is 2.24. The molecule has 3 heteroatoms. The van der Waals surface area contributed by atoms with Gasteiger partial charge in [0, 0.05) is 25.9 Å². The van der Waals surface area contributed by atoms with Crippen LogP contribution in [-0.2, 0) is 9.53 Å². The molecule has 3 nitrogen and oxygen atoms in total. The predicted octanol–water partition coefficient (Wildman–Crippen LogP) is 7.83. The van der Waals surface area contributed by atoms with Crippen LogP contribution in [0, 0.1) is 6.54 Å². The molecule has 29 heavy (non-hydrogen) atoms. The van der Waals surface area contributed by atoms with Crippen molar-refractivity contribution in [3.05, 3.63) is 6.54 Å². The molecular formula is C26H50NO2. The molecule has 0 aromatic heterocycles. The summed E-state index contributed by atoms with van der Waals surface area (Å²) in [5, 5.41) is 0. The number of carbonyl (C=O) groups is 1. The minimum atomic E-state index is 0.00214. The molecule has 0 aromatic carbocycles. The van der Waals surface area contributed by atoms with Crippen LogP contribution < -0.4 is 0 Å². The Morgan fingerprint density at radius 3 is 1.62 bits per heavy atom. The molecule has 1 radical (unpaired) electrons. The van der Waals surface area contributed by atoms with Gasteiger partial charge in [-0.05, 0) is 13.0 Å². The van der Waals surface area contributed by atoms with Crippen molar-refractivity contribution in [2.75, 3.05) is 13.1 Å². The fraction of sp³-hybridized carbons (Fsp3) is 0.923. The van der Waals surface area contributed by atoms with Crippen LogP contribution in [0.5, 0.6) is 0 Å². The van der Waals surface area contributed by atoms with Crippen LogP contribution in [0.4, 0.5) is 0 Å². The number of nitrogens with zero attached hydrogens (tertiary/aromatic N) is 1. The highest BCUT2D eigenvalue weighted by molar-refractivity contribution is 5.69. The van der Waals surface area contributed by atoms with E-state index in [2.05, 4.69) is 25.3 Å². The molecule has 0 spiro atoms. The van der Waals surface area contributed by atoms with Gasteiger partial charge in [0.2, 0.25) is 0 Å². The number of ether oxygens (including phenoxy) is 1. The number of esters is 1. The second kappa shape index (κ2) is 19.4. The Balaban J connectivity index is 1.73. The first-order valence-electron chi connectivity index (χ1n) is 13.0. The highest BCUT2D eigenvalue weighted by Crippen LogP contribution is 2.18. The molecule has 0 amide bonds. The first-order valence-corrected chi connectivity index (χ1v) is 13.0. The Morgan fingerprint density at radius 1 is 0.759 bits per heavy atom. The molecule has 0 aromatic rings. The molecule has 0 N–H and O–H groups in total. The summed E-state index contributed by atoms with van der Waals surface area (Å²) < 4.78 is 5.56. The zero-order valence-corrected chi connectivity index (χ0v) is 19.8. The Morgan fingerprint density at radius 2 is 1.21 bits per heavy atom. The lowest BCUT2D eigenvalue weighted by atomic mass is 10.0. The summed E-state index contributed by atoms with van der Waals surface area (Å²) in [6, 6.07) is 0. The lowest BCUT2D eigenvalue weighted by Gasteiger charge is -2.13. The van der Waals surface area contributed by atoms with Gasteiger partial charge in [0.1, 0.15) is 6.10 Å². The summed E-state index contributed by atoms with van der Waals surface area (Å²) in [4.78, 5) is 14.1. The molecule has 1 unspecified atom stereocenters. The maximum Gasteiger partial charge on any atom is 0.306 e. The van der Waals surface area contributed by atoms with Crippen molar-refractivity contribution >= 4 is 5.97 Å². The zero-order valence-electron chi connectivity index (χ0n) is 19.8. The van der Waals surface area contributed by atoms with Crippen LogP contribution in [0.3, 0.4) is 0 Å². The Hall–Kier alpha value is -0.570. The smallest absolute Gasteiger partial charge is 0.306 e. The molecule has 1 fully saturated rings. The lowest BCUT2D eigenvalue weighted by molar-refractivity contribution is -0.148. The maximum absolute atomic E-state index is 11.9. The number of rotatable bonds is 20. The summed E-state index contributed by atoms with van der Waals surface area (Å²) in [5.41, 5.74) is 0. The molecule has 1 rings (SSSR count). The van der Waals surface area contributed by atoms with Gasteiger partial charge in [-0.15, -0.1) is 0 Å². The van der Waals surface area contributed by atoms with Crippen LogP contribution in [0.25, 0.3) is 0 Å². The van der Waals surface area contributed by atoms with Crippen molar-refractivity contribution in [1.29, 1.82) is 0 Å². The predicted molar refractivity (Wildman–Crippen MR) is 125 cm³/mol. The van der Waals surface area contributed by atoms with E-state index in [1.807, 2.05) is 0 Å². The van der Waals surface area contributed by atoms with E-state index in [9.17, 15) is 4.79 Å².